The minimum absolute atomic E-state index is 0.0374. The molecule has 1 aromatic rings. The summed E-state index contributed by atoms with van der Waals surface area (Å²) in [4.78, 5) is 25.7. The summed E-state index contributed by atoms with van der Waals surface area (Å²) in [5.41, 5.74) is 12.8. The van der Waals surface area contributed by atoms with E-state index in [1.54, 1.807) is 19.2 Å². The van der Waals surface area contributed by atoms with Gasteiger partial charge >= 0.3 is 0 Å². The van der Waals surface area contributed by atoms with Crippen molar-refractivity contribution >= 4 is 11.8 Å². The van der Waals surface area contributed by atoms with E-state index in [1.165, 1.54) is 4.90 Å². The summed E-state index contributed by atoms with van der Waals surface area (Å²) in [6.45, 7) is 9.69. The van der Waals surface area contributed by atoms with Gasteiger partial charge in [0.1, 0.15) is 11.8 Å². The van der Waals surface area contributed by atoms with Crippen LogP contribution in [0.1, 0.15) is 45.7 Å². The van der Waals surface area contributed by atoms with Gasteiger partial charge in [0.2, 0.25) is 11.8 Å². The number of hydrogen-bond donors (Lipinski definition) is 3. The van der Waals surface area contributed by atoms with Crippen LogP contribution >= 0.6 is 0 Å². The Morgan fingerprint density at radius 2 is 1.80 bits per heavy atom. The first-order valence-electron chi connectivity index (χ1n) is 8.50. The molecule has 6 heteroatoms. The molecule has 0 fully saturated rings. The van der Waals surface area contributed by atoms with Crippen LogP contribution in [0.15, 0.2) is 18.2 Å². The number of carbonyl (C=O) groups excluding carboxylic acids is 2. The molecule has 0 saturated carbocycles. The Labute approximate surface area is 150 Å². The highest BCUT2D eigenvalue weighted by atomic mass is 16.3. The Balaban J connectivity index is 3.11. The molecular weight excluding hydrogens is 318 g/mol. The van der Waals surface area contributed by atoms with Crippen LogP contribution in [0.3, 0.4) is 0 Å². The highest BCUT2D eigenvalue weighted by molar-refractivity contribution is 5.89. The van der Waals surface area contributed by atoms with Crippen LogP contribution in [0, 0.1) is 5.92 Å². The Hall–Kier alpha value is -2.08. The highest BCUT2D eigenvalue weighted by Crippen LogP contribution is 2.31. The van der Waals surface area contributed by atoms with Crippen molar-refractivity contribution < 1.29 is 14.7 Å². The highest BCUT2D eigenvalue weighted by Gasteiger charge is 2.30. The predicted molar refractivity (Wildman–Crippen MR) is 99.1 cm³/mol. The third-order valence-electron chi connectivity index (χ3n) is 4.44. The fourth-order valence-corrected chi connectivity index (χ4v) is 2.64. The van der Waals surface area contributed by atoms with Gasteiger partial charge in [-0.05, 0) is 28.5 Å². The van der Waals surface area contributed by atoms with E-state index >= 15 is 0 Å². The number of rotatable bonds is 6. The van der Waals surface area contributed by atoms with Crippen LogP contribution in [-0.4, -0.2) is 41.0 Å². The van der Waals surface area contributed by atoms with Crippen LogP contribution in [0.4, 0.5) is 0 Å². The number of phenols is 1. The summed E-state index contributed by atoms with van der Waals surface area (Å²) in [5.74, 6) is -0.728. The summed E-state index contributed by atoms with van der Waals surface area (Å²) >= 11 is 0. The monoisotopic (exact) mass is 349 g/mol. The number of likely N-dealkylation sites (N-methyl/N-ethyl adjacent to an activating group) is 1. The number of nitrogens with two attached hydrogens (primary N) is 2. The topological polar surface area (TPSA) is 110 Å². The van der Waals surface area contributed by atoms with E-state index in [4.69, 9.17) is 11.5 Å². The van der Waals surface area contributed by atoms with Crippen molar-refractivity contribution in [1.29, 1.82) is 0 Å². The van der Waals surface area contributed by atoms with E-state index in [9.17, 15) is 14.7 Å². The summed E-state index contributed by atoms with van der Waals surface area (Å²) < 4.78 is 0. The van der Waals surface area contributed by atoms with Crippen LogP contribution < -0.4 is 11.5 Å². The van der Waals surface area contributed by atoms with Gasteiger partial charge in [-0.1, -0.05) is 46.8 Å². The van der Waals surface area contributed by atoms with Crippen molar-refractivity contribution in [2.75, 3.05) is 7.05 Å². The number of aromatic hydroxyl groups is 1. The van der Waals surface area contributed by atoms with E-state index in [0.717, 1.165) is 11.1 Å². The third kappa shape index (κ3) is 5.19. The molecule has 0 aliphatic rings. The molecule has 0 bridgehead atoms. The first kappa shape index (κ1) is 21.0. The minimum Gasteiger partial charge on any atom is -0.508 e. The molecule has 0 aromatic heterocycles. The molecule has 2 amide bonds. The summed E-state index contributed by atoms with van der Waals surface area (Å²) in [7, 11) is 1.55. The number of phenolic OH excluding ortho intramolecular Hbond substituents is 1. The van der Waals surface area contributed by atoms with Crippen molar-refractivity contribution in [2.45, 2.75) is 58.5 Å². The molecule has 140 valence electrons. The first-order chi connectivity index (χ1) is 11.4. The Kier molecular flexibility index (Phi) is 6.60. The van der Waals surface area contributed by atoms with Gasteiger partial charge in [0.15, 0.2) is 0 Å². The molecular formula is C19H31N3O3. The lowest BCUT2D eigenvalue weighted by atomic mass is 9.84. The van der Waals surface area contributed by atoms with Crippen LogP contribution in [0.5, 0.6) is 5.75 Å². The molecule has 6 nitrogen and oxygen atoms in total. The molecule has 1 rings (SSSR count). The molecule has 0 aliphatic heterocycles. The minimum atomic E-state index is -0.797. The van der Waals surface area contributed by atoms with Crippen molar-refractivity contribution in [3.8, 4) is 5.75 Å². The van der Waals surface area contributed by atoms with Gasteiger partial charge in [-0.25, -0.2) is 0 Å². The summed E-state index contributed by atoms with van der Waals surface area (Å²) in [5, 5.41) is 10.1. The van der Waals surface area contributed by atoms with Crippen molar-refractivity contribution in [3.63, 3.8) is 0 Å². The molecule has 5 N–H and O–H groups in total. The fourth-order valence-electron chi connectivity index (χ4n) is 2.64. The lowest BCUT2D eigenvalue weighted by Crippen LogP contribution is -2.53. The van der Waals surface area contributed by atoms with E-state index in [-0.39, 0.29) is 29.4 Å². The van der Waals surface area contributed by atoms with Crippen LogP contribution in [-0.2, 0) is 21.4 Å². The average molecular weight is 349 g/mol. The number of amides is 2. The van der Waals surface area contributed by atoms with E-state index in [1.807, 2.05) is 40.7 Å². The maximum Gasteiger partial charge on any atom is 0.240 e. The molecule has 0 radical (unpaired) electrons. The zero-order chi connectivity index (χ0) is 19.5. The molecule has 1 aromatic carbocycles. The fraction of sp³-hybridized carbons (Fsp3) is 0.579. The second-order valence-electron chi connectivity index (χ2n) is 7.94. The standard InChI is InChI=1S/C19H31N3O3/c1-11(2)16(20)18(25)22(6)14(17(21)24)10-12-7-8-15(23)13(9-12)19(3,4)5/h7-9,11,14,16,23H,10,20H2,1-6H3,(H2,21,24)/t14-,16-/m0/s1. The summed E-state index contributed by atoms with van der Waals surface area (Å²) in [6.07, 6.45) is 0.270. The lowest BCUT2D eigenvalue weighted by Gasteiger charge is -2.30. The van der Waals surface area contributed by atoms with Gasteiger partial charge in [-0.2, -0.15) is 0 Å². The maximum atomic E-state index is 12.5. The Morgan fingerprint density at radius 1 is 1.24 bits per heavy atom. The van der Waals surface area contributed by atoms with Crippen LogP contribution in [0.2, 0.25) is 0 Å². The second-order valence-corrected chi connectivity index (χ2v) is 7.94. The van der Waals surface area contributed by atoms with E-state index < -0.39 is 18.0 Å². The normalized spacial score (nSPS) is 14.2. The second kappa shape index (κ2) is 7.87. The Bertz CT molecular complexity index is 635. The third-order valence-corrected chi connectivity index (χ3v) is 4.44. The van der Waals surface area contributed by atoms with Crippen molar-refractivity contribution in [3.05, 3.63) is 29.3 Å². The first-order valence-corrected chi connectivity index (χ1v) is 8.50. The number of carbonyl (C=O) groups is 2. The summed E-state index contributed by atoms with van der Waals surface area (Å²) in [6, 6.07) is 3.72. The van der Waals surface area contributed by atoms with Gasteiger partial charge in [-0.15, -0.1) is 0 Å². The predicted octanol–water partition coefficient (Wildman–Crippen LogP) is 1.53. The zero-order valence-corrected chi connectivity index (χ0v) is 16.0. The van der Waals surface area contributed by atoms with Gasteiger partial charge in [0.05, 0.1) is 6.04 Å². The zero-order valence-electron chi connectivity index (χ0n) is 16.0. The number of primary amides is 1. The van der Waals surface area contributed by atoms with Gasteiger partial charge in [0, 0.05) is 13.5 Å². The largest absolute Gasteiger partial charge is 0.508 e. The van der Waals surface area contributed by atoms with E-state index in [2.05, 4.69) is 0 Å². The molecule has 2 atom stereocenters. The smallest absolute Gasteiger partial charge is 0.240 e. The van der Waals surface area contributed by atoms with Gasteiger partial charge < -0.3 is 21.5 Å². The molecule has 0 aliphatic carbocycles. The molecule has 0 unspecified atom stereocenters. The SMILES string of the molecule is CC(C)[C@H](N)C(=O)N(C)[C@@H](Cc1ccc(O)c(C(C)(C)C)c1)C(N)=O. The average Bonchev–Trinajstić information content (AvgIpc) is 2.50. The number of nitrogens with zero attached hydrogens (tertiary/aromatic N) is 1. The molecule has 0 saturated heterocycles. The van der Waals surface area contributed by atoms with E-state index in [0.29, 0.717) is 0 Å². The Morgan fingerprint density at radius 3 is 2.24 bits per heavy atom. The van der Waals surface area contributed by atoms with Crippen LogP contribution in [0.25, 0.3) is 0 Å². The quantitative estimate of drug-likeness (QED) is 0.723. The van der Waals surface area contributed by atoms with Gasteiger partial charge in [0.25, 0.3) is 0 Å². The number of benzene rings is 1. The molecule has 0 heterocycles. The van der Waals surface area contributed by atoms with Crippen molar-refractivity contribution in [2.24, 2.45) is 17.4 Å². The van der Waals surface area contributed by atoms with Gasteiger partial charge in [-0.3, -0.25) is 9.59 Å². The molecule has 25 heavy (non-hydrogen) atoms. The maximum absolute atomic E-state index is 12.5. The van der Waals surface area contributed by atoms with Crippen molar-refractivity contribution in [1.82, 2.24) is 4.90 Å². The molecule has 0 spiro atoms. The lowest BCUT2D eigenvalue weighted by molar-refractivity contribution is -0.139. The number of hydrogen-bond acceptors (Lipinski definition) is 4.